The molecule has 1 atom stereocenters. The number of rotatable bonds is 4. The Labute approximate surface area is 70.7 Å². The summed E-state index contributed by atoms with van der Waals surface area (Å²) in [5.41, 5.74) is 6.05. The Morgan fingerprint density at radius 1 is 1.36 bits per heavy atom. The van der Waals surface area contributed by atoms with Gasteiger partial charge in [-0.1, -0.05) is 19.9 Å². The minimum absolute atomic E-state index is 0.0844. The summed E-state index contributed by atoms with van der Waals surface area (Å²) in [6, 6.07) is 0. The van der Waals surface area contributed by atoms with E-state index in [9.17, 15) is 0 Å². The molecule has 0 fully saturated rings. The van der Waals surface area contributed by atoms with Crippen molar-refractivity contribution in [3.05, 3.63) is 12.7 Å². The second kappa shape index (κ2) is 3.40. The van der Waals surface area contributed by atoms with Crippen molar-refractivity contribution in [2.75, 3.05) is 0 Å². The van der Waals surface area contributed by atoms with Crippen molar-refractivity contribution in [2.24, 2.45) is 11.1 Å². The fraction of sp³-hybridized carbons (Fsp3) is 0.800. The van der Waals surface area contributed by atoms with Crippen molar-refractivity contribution in [3.8, 4) is 0 Å². The van der Waals surface area contributed by atoms with Gasteiger partial charge in [-0.15, -0.1) is 6.58 Å². The van der Waals surface area contributed by atoms with Crippen LogP contribution in [0.5, 0.6) is 0 Å². The summed E-state index contributed by atoms with van der Waals surface area (Å²) in [6.45, 7) is 12.3. The molecule has 0 rings (SSSR count). The summed E-state index contributed by atoms with van der Waals surface area (Å²) in [6.07, 6.45) is 4.12. The molecule has 0 heterocycles. The lowest BCUT2D eigenvalue weighted by Crippen LogP contribution is -2.37. The standard InChI is InChI=1S/C10H21N/c1-6-10(5,7-2)8-9(3,4)11/h6H,1,7-8,11H2,2-5H3. The Bertz CT molecular complexity index is 132. The van der Waals surface area contributed by atoms with Crippen LogP contribution in [0.4, 0.5) is 0 Å². The lowest BCUT2D eigenvalue weighted by molar-refractivity contribution is 0.289. The molecule has 0 aromatic carbocycles. The molecular formula is C10H21N. The zero-order valence-corrected chi connectivity index (χ0v) is 8.28. The van der Waals surface area contributed by atoms with Gasteiger partial charge in [-0.25, -0.2) is 0 Å². The summed E-state index contributed by atoms with van der Waals surface area (Å²) >= 11 is 0. The minimum Gasteiger partial charge on any atom is -0.326 e. The molecule has 0 aliphatic carbocycles. The second-order valence-electron chi connectivity index (χ2n) is 4.38. The molecule has 0 radical (unpaired) electrons. The van der Waals surface area contributed by atoms with Crippen LogP contribution >= 0.6 is 0 Å². The fourth-order valence-corrected chi connectivity index (χ4v) is 1.38. The topological polar surface area (TPSA) is 26.0 Å². The molecule has 1 nitrogen and oxygen atoms in total. The first kappa shape index (κ1) is 10.7. The molecule has 2 N–H and O–H groups in total. The van der Waals surface area contributed by atoms with Crippen molar-refractivity contribution in [1.82, 2.24) is 0 Å². The maximum absolute atomic E-state index is 5.92. The minimum atomic E-state index is -0.0844. The Morgan fingerprint density at radius 3 is 1.91 bits per heavy atom. The summed E-state index contributed by atoms with van der Waals surface area (Å²) in [4.78, 5) is 0. The summed E-state index contributed by atoms with van der Waals surface area (Å²) in [7, 11) is 0. The third-order valence-corrected chi connectivity index (χ3v) is 2.16. The number of allylic oxidation sites excluding steroid dienone is 1. The smallest absolute Gasteiger partial charge is 0.0105 e. The van der Waals surface area contributed by atoms with Crippen LogP contribution in [-0.4, -0.2) is 5.54 Å². The maximum Gasteiger partial charge on any atom is 0.0105 e. The van der Waals surface area contributed by atoms with Gasteiger partial charge < -0.3 is 5.73 Å². The largest absolute Gasteiger partial charge is 0.326 e. The van der Waals surface area contributed by atoms with Crippen LogP contribution in [0, 0.1) is 5.41 Å². The van der Waals surface area contributed by atoms with E-state index < -0.39 is 0 Å². The SMILES string of the molecule is C=CC(C)(CC)CC(C)(C)N. The summed E-state index contributed by atoms with van der Waals surface area (Å²) in [5.74, 6) is 0. The molecule has 1 heteroatoms. The first-order chi connectivity index (χ1) is 4.83. The van der Waals surface area contributed by atoms with Gasteiger partial charge in [0.1, 0.15) is 0 Å². The van der Waals surface area contributed by atoms with E-state index in [0.29, 0.717) is 0 Å². The average molecular weight is 155 g/mol. The van der Waals surface area contributed by atoms with Gasteiger partial charge in [0.05, 0.1) is 0 Å². The zero-order chi connectivity index (χ0) is 9.12. The Kier molecular flexibility index (Phi) is 3.30. The van der Waals surface area contributed by atoms with Gasteiger partial charge in [0.25, 0.3) is 0 Å². The lowest BCUT2D eigenvalue weighted by atomic mass is 9.77. The second-order valence-corrected chi connectivity index (χ2v) is 4.38. The Balaban J connectivity index is 4.19. The molecule has 0 aromatic rings. The van der Waals surface area contributed by atoms with E-state index in [0.717, 1.165) is 12.8 Å². The monoisotopic (exact) mass is 155 g/mol. The van der Waals surface area contributed by atoms with Crippen LogP contribution in [0.3, 0.4) is 0 Å². The predicted molar refractivity (Wildman–Crippen MR) is 51.5 cm³/mol. The highest BCUT2D eigenvalue weighted by Crippen LogP contribution is 2.31. The van der Waals surface area contributed by atoms with E-state index in [-0.39, 0.29) is 11.0 Å². The predicted octanol–water partition coefficient (Wildman–Crippen LogP) is 2.72. The molecule has 0 spiro atoms. The van der Waals surface area contributed by atoms with Crippen LogP contribution in [0.1, 0.15) is 40.5 Å². The number of nitrogens with two attached hydrogens (primary N) is 1. The molecule has 1 unspecified atom stereocenters. The Morgan fingerprint density at radius 2 is 1.82 bits per heavy atom. The van der Waals surface area contributed by atoms with Gasteiger partial charge in [0.15, 0.2) is 0 Å². The number of hydrogen-bond donors (Lipinski definition) is 1. The first-order valence-electron chi connectivity index (χ1n) is 4.25. The molecular weight excluding hydrogens is 134 g/mol. The van der Waals surface area contributed by atoms with Gasteiger partial charge >= 0.3 is 0 Å². The first-order valence-corrected chi connectivity index (χ1v) is 4.25. The van der Waals surface area contributed by atoms with Gasteiger partial charge in [-0.3, -0.25) is 0 Å². The van der Waals surface area contributed by atoms with E-state index >= 15 is 0 Å². The fourth-order valence-electron chi connectivity index (χ4n) is 1.38. The maximum atomic E-state index is 5.92. The number of hydrogen-bond acceptors (Lipinski definition) is 1. The van der Waals surface area contributed by atoms with Gasteiger partial charge in [0, 0.05) is 5.54 Å². The van der Waals surface area contributed by atoms with E-state index in [1.165, 1.54) is 0 Å². The average Bonchev–Trinajstić information content (AvgIpc) is 1.84. The molecule has 11 heavy (non-hydrogen) atoms. The van der Waals surface area contributed by atoms with Crippen molar-refractivity contribution < 1.29 is 0 Å². The highest BCUT2D eigenvalue weighted by atomic mass is 14.7. The molecule has 0 aliphatic rings. The molecule has 0 saturated carbocycles. The highest BCUT2D eigenvalue weighted by molar-refractivity contribution is 4.95. The van der Waals surface area contributed by atoms with E-state index in [4.69, 9.17) is 5.73 Å². The van der Waals surface area contributed by atoms with Crippen molar-refractivity contribution >= 4 is 0 Å². The zero-order valence-electron chi connectivity index (χ0n) is 8.28. The van der Waals surface area contributed by atoms with Gasteiger partial charge in [-0.2, -0.15) is 0 Å². The molecule has 0 bridgehead atoms. The third-order valence-electron chi connectivity index (χ3n) is 2.16. The lowest BCUT2D eigenvalue weighted by Gasteiger charge is -2.31. The van der Waals surface area contributed by atoms with Crippen LogP contribution in [0.25, 0.3) is 0 Å². The van der Waals surface area contributed by atoms with E-state index in [1.54, 1.807) is 0 Å². The summed E-state index contributed by atoms with van der Waals surface area (Å²) in [5, 5.41) is 0. The highest BCUT2D eigenvalue weighted by Gasteiger charge is 2.25. The molecule has 0 saturated heterocycles. The van der Waals surface area contributed by atoms with E-state index in [2.05, 4.69) is 34.3 Å². The van der Waals surface area contributed by atoms with Gasteiger partial charge in [0.2, 0.25) is 0 Å². The molecule has 0 aliphatic heterocycles. The molecule has 0 amide bonds. The van der Waals surface area contributed by atoms with Crippen LogP contribution in [0.2, 0.25) is 0 Å². The van der Waals surface area contributed by atoms with E-state index in [1.807, 2.05) is 6.08 Å². The molecule has 66 valence electrons. The van der Waals surface area contributed by atoms with Crippen LogP contribution in [-0.2, 0) is 0 Å². The van der Waals surface area contributed by atoms with Crippen molar-refractivity contribution in [3.63, 3.8) is 0 Å². The van der Waals surface area contributed by atoms with Crippen LogP contribution in [0.15, 0.2) is 12.7 Å². The van der Waals surface area contributed by atoms with Crippen molar-refractivity contribution in [1.29, 1.82) is 0 Å². The quantitative estimate of drug-likeness (QED) is 0.621. The van der Waals surface area contributed by atoms with Gasteiger partial charge in [-0.05, 0) is 32.1 Å². The van der Waals surface area contributed by atoms with Crippen molar-refractivity contribution in [2.45, 2.75) is 46.1 Å². The summed E-state index contributed by atoms with van der Waals surface area (Å²) < 4.78 is 0. The molecule has 0 aromatic heterocycles. The normalized spacial score (nSPS) is 17.5. The third kappa shape index (κ3) is 4.20. The Hall–Kier alpha value is -0.300. The van der Waals surface area contributed by atoms with Crippen LogP contribution < -0.4 is 5.73 Å².